The number of hydrogen-bond donors (Lipinski definition) is 7. The zero-order chi connectivity index (χ0) is 30.4. The quantitative estimate of drug-likeness (QED) is 0.0406. The third-order valence-electron chi connectivity index (χ3n) is 5.73. The summed E-state index contributed by atoms with van der Waals surface area (Å²) in [5.41, 5.74) is 5.55. The first-order valence-corrected chi connectivity index (χ1v) is 13.7. The van der Waals surface area contributed by atoms with Gasteiger partial charge in [0.1, 0.15) is 30.2 Å². The van der Waals surface area contributed by atoms with Crippen LogP contribution in [-0.4, -0.2) is 99.6 Å². The van der Waals surface area contributed by atoms with Gasteiger partial charge in [0, 0.05) is 30.7 Å². The molecule has 15 nitrogen and oxygen atoms in total. The maximum Gasteiger partial charge on any atom is 0.354 e. The summed E-state index contributed by atoms with van der Waals surface area (Å²) >= 11 is 0.564. The molecule has 0 aliphatic carbocycles. The maximum absolute atomic E-state index is 13.0. The van der Waals surface area contributed by atoms with E-state index in [2.05, 4.69) is 32.8 Å². The predicted octanol–water partition coefficient (Wildman–Crippen LogP) is -2.61. The van der Waals surface area contributed by atoms with E-state index in [1.165, 1.54) is 13.8 Å². The zero-order valence-corrected chi connectivity index (χ0v) is 23.2. The monoisotopic (exact) mass is 585 g/mol. The zero-order valence-electron chi connectivity index (χ0n) is 22.3. The topological polar surface area (TPSA) is 246 Å². The van der Waals surface area contributed by atoms with Crippen molar-refractivity contribution in [2.24, 2.45) is 10.7 Å². The predicted molar refractivity (Wildman–Crippen MR) is 147 cm³/mol. The summed E-state index contributed by atoms with van der Waals surface area (Å²) in [4.78, 5) is 87.8. The van der Waals surface area contributed by atoms with Crippen molar-refractivity contribution < 1.29 is 43.8 Å². The average Bonchev–Trinajstić information content (AvgIpc) is 2.88. The van der Waals surface area contributed by atoms with E-state index < -0.39 is 65.1 Å². The number of carboxylic acids is 2. The Morgan fingerprint density at radius 3 is 2.27 bits per heavy atom. The van der Waals surface area contributed by atoms with Crippen molar-refractivity contribution >= 4 is 59.3 Å². The molecule has 0 aromatic rings. The minimum Gasteiger partial charge on any atom is -0.480 e. The molecule has 1 heterocycles. The Kier molecular flexibility index (Phi) is 14.6. The van der Waals surface area contributed by atoms with Crippen LogP contribution < -0.4 is 27.0 Å². The molecule has 0 fully saturated rings. The van der Waals surface area contributed by atoms with Crippen molar-refractivity contribution in [1.29, 1.82) is 0 Å². The number of carboxylic acid groups (broad SMARTS) is 2. The van der Waals surface area contributed by atoms with Gasteiger partial charge in [-0.15, -0.1) is 0 Å². The molecular weight excluding hydrogens is 548 g/mol. The van der Waals surface area contributed by atoms with Gasteiger partial charge in [-0.05, 0) is 39.2 Å². The molecule has 1 rings (SSSR count). The minimum atomic E-state index is -1.43. The van der Waals surface area contributed by atoms with E-state index in [0.717, 1.165) is 0 Å². The number of nitrogens with one attached hydrogen (secondary N) is 4. The fraction of sp³-hybridized carbons (Fsp3) is 0.583. The Labute approximate surface area is 235 Å². The molecule has 0 bridgehead atoms. The molecule has 222 valence electrons. The van der Waals surface area contributed by atoms with Crippen molar-refractivity contribution in [3.8, 4) is 0 Å². The average molecular weight is 586 g/mol. The van der Waals surface area contributed by atoms with Crippen LogP contribution in [0.4, 0.5) is 0 Å². The van der Waals surface area contributed by atoms with Crippen LogP contribution in [0, 0.1) is 0 Å². The van der Waals surface area contributed by atoms with Gasteiger partial charge in [-0.25, -0.2) is 14.6 Å². The summed E-state index contributed by atoms with van der Waals surface area (Å²) in [6, 6.07) is -4.69. The lowest BCUT2D eigenvalue weighted by Crippen LogP contribution is -2.54. The molecule has 16 heteroatoms. The first-order chi connectivity index (χ1) is 18.8. The van der Waals surface area contributed by atoms with Crippen molar-refractivity contribution in [2.45, 2.75) is 75.5 Å². The van der Waals surface area contributed by atoms with Crippen LogP contribution in [0.2, 0.25) is 0 Å². The summed E-state index contributed by atoms with van der Waals surface area (Å²) in [7, 11) is 0. The van der Waals surface area contributed by atoms with Crippen LogP contribution in [0.5, 0.6) is 0 Å². The fourth-order valence-electron chi connectivity index (χ4n) is 3.62. The van der Waals surface area contributed by atoms with Crippen LogP contribution in [-0.2, 0) is 45.3 Å². The number of aliphatic carboxylic acids is 2. The van der Waals surface area contributed by atoms with Gasteiger partial charge >= 0.3 is 11.9 Å². The lowest BCUT2D eigenvalue weighted by molar-refractivity contribution is -0.142. The Balaban J connectivity index is 2.88. The Hall–Kier alpha value is -3.79. The van der Waals surface area contributed by atoms with Crippen molar-refractivity contribution in [1.82, 2.24) is 21.3 Å². The van der Waals surface area contributed by atoms with Gasteiger partial charge in [0.15, 0.2) is 11.8 Å². The number of hydrogen-bond acceptors (Lipinski definition) is 9. The molecule has 0 spiro atoms. The molecular formula is C24H37N6O9S+. The fourth-order valence-corrected chi connectivity index (χ4v) is 4.74. The molecule has 40 heavy (non-hydrogen) atoms. The molecule has 0 aromatic heterocycles. The van der Waals surface area contributed by atoms with Gasteiger partial charge in [0.05, 0.1) is 0 Å². The van der Waals surface area contributed by atoms with Crippen molar-refractivity contribution in [3.63, 3.8) is 0 Å². The largest absolute Gasteiger partial charge is 0.480 e. The van der Waals surface area contributed by atoms with Gasteiger partial charge in [-0.2, -0.15) is 0 Å². The molecule has 0 saturated carbocycles. The van der Waals surface area contributed by atoms with E-state index in [9.17, 15) is 43.8 Å². The van der Waals surface area contributed by atoms with Crippen molar-refractivity contribution in [2.75, 3.05) is 12.3 Å². The lowest BCUT2D eigenvalue weighted by atomic mass is 10.1. The van der Waals surface area contributed by atoms with Crippen LogP contribution in [0.1, 0.15) is 46.0 Å². The number of nitrogens with two attached hydrogens (primary N) is 1. The summed E-state index contributed by atoms with van der Waals surface area (Å²) in [6.07, 6.45) is 0.943. The van der Waals surface area contributed by atoms with Gasteiger partial charge < -0.3 is 42.0 Å². The van der Waals surface area contributed by atoms with E-state index in [1.807, 2.05) is 0 Å². The number of carbonyl (C=O) groups excluding carboxylic acids is 5. The number of aldehydes is 1. The highest BCUT2D eigenvalue weighted by atomic mass is 32.2. The highest BCUT2D eigenvalue weighted by Crippen LogP contribution is 2.14. The molecule has 1 aliphatic heterocycles. The number of amides is 4. The molecule has 8 N–H and O–H groups in total. The number of carbonyl (C=O) groups is 7. The maximum atomic E-state index is 13.0. The molecule has 0 aromatic carbocycles. The third kappa shape index (κ3) is 11.5. The van der Waals surface area contributed by atoms with Gasteiger partial charge in [-0.1, -0.05) is 6.58 Å². The number of thiol groups is 1. The smallest absolute Gasteiger partial charge is 0.354 e. The number of unbranched alkanes of at least 4 members (excludes halogenated alkanes) is 1. The normalized spacial score (nSPS) is 17.7. The van der Waals surface area contributed by atoms with E-state index in [-0.39, 0.29) is 30.7 Å². The molecule has 0 saturated heterocycles. The standard InChI is InChI=1S/C24H36N6O9S/c1-12-11-40-22(30-19(12)24(38)39)17(10-31)29-21(35)15(6-4-5-9-25)27-18(33)8-7-16(23(36)37)28-20(34)13(2)26-14(3)32/h10,13,15-17,22H,1,4-9,11,25H2,2-3H3,(H,26,32)(H,27,33)(H,28,34)(H,29,35)(H,36,37)(H,38,39)/p+1/t13-,15-,16+,17+,22+/m0/s1. The highest BCUT2D eigenvalue weighted by molar-refractivity contribution is 7.79. The van der Waals surface area contributed by atoms with Crippen molar-refractivity contribution in [3.05, 3.63) is 12.2 Å². The van der Waals surface area contributed by atoms with E-state index in [0.29, 0.717) is 43.0 Å². The molecule has 1 aliphatic rings. The van der Waals surface area contributed by atoms with Crippen LogP contribution in [0.25, 0.3) is 0 Å². The van der Waals surface area contributed by atoms with E-state index >= 15 is 0 Å². The van der Waals surface area contributed by atoms with Crippen LogP contribution >= 0.6 is 0 Å². The van der Waals surface area contributed by atoms with E-state index in [4.69, 9.17) is 5.73 Å². The first-order valence-electron chi connectivity index (χ1n) is 12.5. The molecule has 0 unspecified atom stereocenters. The summed E-state index contributed by atoms with van der Waals surface area (Å²) in [5, 5.41) is 27.5. The Bertz CT molecular complexity index is 1030. The second-order valence-electron chi connectivity index (χ2n) is 9.08. The Morgan fingerprint density at radius 1 is 1.05 bits per heavy atom. The lowest BCUT2D eigenvalue weighted by Gasteiger charge is -2.23. The molecule has 0 radical (unpaired) electrons. The SMILES string of the molecule is C=C1C[SH+][C@H]([C@@H](C=O)NC(=O)[C@H](CCCCN)NC(=O)CC[C@@H](NC(=O)[C@H](C)NC(C)=O)C(=O)O)N=C1C(=O)O. The molecule has 4 amide bonds. The Morgan fingerprint density at radius 2 is 1.73 bits per heavy atom. The second-order valence-corrected chi connectivity index (χ2v) is 10.3. The van der Waals surface area contributed by atoms with Gasteiger partial charge in [0.25, 0.3) is 0 Å². The van der Waals surface area contributed by atoms with Gasteiger partial charge in [-0.3, -0.25) is 19.2 Å². The minimum absolute atomic E-state index is 0.163. The van der Waals surface area contributed by atoms with Crippen LogP contribution in [0.3, 0.4) is 0 Å². The second kappa shape index (κ2) is 17.0. The first kappa shape index (κ1) is 34.2. The summed E-state index contributed by atoms with van der Waals surface area (Å²) in [6.45, 7) is 6.56. The number of aliphatic imine (C=N–C) groups is 1. The van der Waals surface area contributed by atoms with Gasteiger partial charge in [0.2, 0.25) is 29.0 Å². The summed E-state index contributed by atoms with van der Waals surface area (Å²) in [5.74, 6) is -5.05. The van der Waals surface area contributed by atoms with Crippen LogP contribution in [0.15, 0.2) is 17.1 Å². The molecule has 5 atom stereocenters. The highest BCUT2D eigenvalue weighted by Gasteiger charge is 2.36. The van der Waals surface area contributed by atoms with E-state index in [1.54, 1.807) is 0 Å². The summed E-state index contributed by atoms with van der Waals surface area (Å²) < 4.78 is 0. The third-order valence-corrected chi connectivity index (χ3v) is 7.11. The number of nitrogens with zero attached hydrogens (tertiary/aromatic N) is 1. The number of rotatable bonds is 17.